The first-order chi connectivity index (χ1) is 17.4. The molecule has 3 aromatic rings. The Morgan fingerprint density at radius 2 is 1.75 bits per heavy atom. The highest BCUT2D eigenvalue weighted by Crippen LogP contribution is 2.43. The van der Waals surface area contributed by atoms with Crippen LogP contribution >= 0.6 is 11.6 Å². The molecule has 0 aromatic heterocycles. The smallest absolute Gasteiger partial charge is 0.295 e. The summed E-state index contributed by atoms with van der Waals surface area (Å²) in [4.78, 5) is 28.1. The topological polar surface area (TPSA) is 94.5 Å². The Morgan fingerprint density at radius 3 is 2.47 bits per heavy atom. The number of aliphatic hydroxyl groups is 1. The fraction of sp³-hybridized carbons (Fsp3) is 0.185. The molecular weight excluding hydrogens is 486 g/mol. The van der Waals surface area contributed by atoms with Crippen LogP contribution in [-0.2, 0) is 16.1 Å². The van der Waals surface area contributed by atoms with E-state index in [0.29, 0.717) is 33.6 Å². The predicted octanol–water partition coefficient (Wildman–Crippen LogP) is 4.71. The number of hydrogen-bond donors (Lipinski definition) is 1. The Morgan fingerprint density at radius 1 is 1.00 bits per heavy atom. The number of carbonyl (C=O) groups is 2. The van der Waals surface area contributed by atoms with Gasteiger partial charge in [-0.25, -0.2) is 0 Å². The molecule has 0 spiro atoms. The molecule has 1 unspecified atom stereocenters. The lowest BCUT2D eigenvalue weighted by molar-refractivity contribution is -0.140. The number of amides is 1. The van der Waals surface area contributed by atoms with Crippen molar-refractivity contribution >= 4 is 29.1 Å². The lowest BCUT2D eigenvalue weighted by Gasteiger charge is -2.26. The average Bonchev–Trinajstić information content (AvgIpc) is 3.46. The molecule has 0 radical (unpaired) electrons. The van der Waals surface area contributed by atoms with Crippen LogP contribution in [0.5, 0.6) is 23.0 Å². The third-order valence-electron chi connectivity index (χ3n) is 6.18. The standard InChI is InChI=1S/C27H22ClNO7/c1-33-18-7-4-16(5-8-18)24-23(25(30)19-12-17(28)6-10-20(19)34-2)26(31)27(32)29(24)13-15-3-9-21-22(11-15)36-14-35-21/h3-12,24,30H,13-14H2,1-2H3/b25-23+. The maximum atomic E-state index is 13.3. The van der Waals surface area contributed by atoms with Gasteiger partial charge in [-0.2, -0.15) is 0 Å². The van der Waals surface area contributed by atoms with E-state index in [-0.39, 0.29) is 30.2 Å². The Hall–Kier alpha value is -4.17. The van der Waals surface area contributed by atoms with Crippen LogP contribution in [0.25, 0.3) is 5.76 Å². The van der Waals surface area contributed by atoms with E-state index in [1.165, 1.54) is 18.1 Å². The van der Waals surface area contributed by atoms with E-state index < -0.39 is 17.7 Å². The summed E-state index contributed by atoms with van der Waals surface area (Å²) in [6.07, 6.45) is 0. The number of Topliss-reactive ketones (excluding diaryl/α,β-unsaturated/α-hetero) is 1. The first kappa shape index (κ1) is 23.6. The first-order valence-corrected chi connectivity index (χ1v) is 11.4. The third kappa shape index (κ3) is 4.09. The normalized spacial score (nSPS) is 18.0. The van der Waals surface area contributed by atoms with Gasteiger partial charge in [-0.05, 0) is 53.6 Å². The molecule has 0 bridgehead atoms. The number of methoxy groups -OCH3 is 2. The van der Waals surface area contributed by atoms with E-state index in [0.717, 1.165) is 5.56 Å². The Bertz CT molecular complexity index is 1380. The van der Waals surface area contributed by atoms with Crippen LogP contribution < -0.4 is 18.9 Å². The van der Waals surface area contributed by atoms with E-state index in [1.807, 2.05) is 0 Å². The average molecular weight is 508 g/mol. The molecule has 36 heavy (non-hydrogen) atoms. The minimum atomic E-state index is -0.870. The summed E-state index contributed by atoms with van der Waals surface area (Å²) >= 11 is 6.17. The van der Waals surface area contributed by atoms with Gasteiger partial charge in [-0.3, -0.25) is 9.59 Å². The summed E-state index contributed by atoms with van der Waals surface area (Å²) in [7, 11) is 2.99. The molecule has 2 aliphatic heterocycles. The molecule has 0 saturated carbocycles. The van der Waals surface area contributed by atoms with Gasteiger partial charge in [0.25, 0.3) is 11.7 Å². The first-order valence-electron chi connectivity index (χ1n) is 11.1. The molecule has 9 heteroatoms. The van der Waals surface area contributed by atoms with Gasteiger partial charge in [0.1, 0.15) is 17.3 Å². The third-order valence-corrected chi connectivity index (χ3v) is 6.41. The molecule has 5 rings (SSSR count). The fourth-order valence-electron chi connectivity index (χ4n) is 4.42. The monoisotopic (exact) mass is 507 g/mol. The minimum Gasteiger partial charge on any atom is -0.507 e. The summed E-state index contributed by atoms with van der Waals surface area (Å²) < 4.78 is 21.5. The van der Waals surface area contributed by atoms with Crippen molar-refractivity contribution in [2.24, 2.45) is 0 Å². The maximum Gasteiger partial charge on any atom is 0.295 e. The molecular formula is C27H22ClNO7. The highest BCUT2D eigenvalue weighted by molar-refractivity contribution is 6.46. The van der Waals surface area contributed by atoms with Gasteiger partial charge in [0, 0.05) is 11.6 Å². The second kappa shape index (κ2) is 9.47. The number of halogens is 1. The van der Waals surface area contributed by atoms with Gasteiger partial charge in [-0.1, -0.05) is 29.8 Å². The van der Waals surface area contributed by atoms with Crippen LogP contribution in [0.15, 0.2) is 66.2 Å². The van der Waals surface area contributed by atoms with Crippen molar-refractivity contribution < 1.29 is 33.6 Å². The van der Waals surface area contributed by atoms with Gasteiger partial charge in [0.2, 0.25) is 6.79 Å². The number of aliphatic hydroxyl groups excluding tert-OH is 1. The number of ketones is 1. The van der Waals surface area contributed by atoms with Gasteiger partial charge < -0.3 is 29.0 Å². The summed E-state index contributed by atoms with van der Waals surface area (Å²) in [6.45, 7) is 0.220. The van der Waals surface area contributed by atoms with Gasteiger partial charge in [0.15, 0.2) is 11.5 Å². The summed E-state index contributed by atoms with van der Waals surface area (Å²) in [5.41, 5.74) is 1.51. The highest BCUT2D eigenvalue weighted by Gasteiger charge is 2.46. The number of benzene rings is 3. The second-order valence-corrected chi connectivity index (χ2v) is 8.67. The SMILES string of the molecule is COc1ccc(C2/C(=C(\O)c3cc(Cl)ccc3OC)C(=O)C(=O)N2Cc2ccc3c(c2)OCO3)cc1. The van der Waals surface area contributed by atoms with Crippen molar-refractivity contribution in [2.45, 2.75) is 12.6 Å². The predicted molar refractivity (Wildman–Crippen MR) is 131 cm³/mol. The molecule has 1 amide bonds. The van der Waals surface area contributed by atoms with Crippen LogP contribution in [0.1, 0.15) is 22.7 Å². The number of nitrogens with zero attached hydrogens (tertiary/aromatic N) is 1. The number of rotatable bonds is 6. The molecule has 184 valence electrons. The molecule has 2 heterocycles. The molecule has 3 aromatic carbocycles. The summed E-state index contributed by atoms with van der Waals surface area (Å²) in [6, 6.07) is 16.1. The molecule has 1 atom stereocenters. The van der Waals surface area contributed by atoms with Crippen molar-refractivity contribution in [2.75, 3.05) is 21.0 Å². The number of likely N-dealkylation sites (tertiary alicyclic amines) is 1. The van der Waals surface area contributed by atoms with Crippen molar-refractivity contribution in [3.63, 3.8) is 0 Å². The van der Waals surface area contributed by atoms with Gasteiger partial charge in [0.05, 0.1) is 31.4 Å². The molecule has 1 fully saturated rings. The van der Waals surface area contributed by atoms with Crippen LogP contribution in [0, 0.1) is 0 Å². The second-order valence-electron chi connectivity index (χ2n) is 8.23. The van der Waals surface area contributed by atoms with Crippen LogP contribution in [0.2, 0.25) is 5.02 Å². The maximum absolute atomic E-state index is 13.3. The fourth-order valence-corrected chi connectivity index (χ4v) is 4.59. The minimum absolute atomic E-state index is 0.0634. The number of fused-ring (bicyclic) bond motifs is 1. The highest BCUT2D eigenvalue weighted by atomic mass is 35.5. The zero-order valence-electron chi connectivity index (χ0n) is 19.5. The molecule has 2 aliphatic rings. The van der Waals surface area contributed by atoms with Crippen LogP contribution in [-0.4, -0.2) is 42.7 Å². The Kier molecular flexibility index (Phi) is 6.20. The van der Waals surface area contributed by atoms with Crippen LogP contribution in [0.4, 0.5) is 0 Å². The molecule has 8 nitrogen and oxygen atoms in total. The van der Waals surface area contributed by atoms with Crippen molar-refractivity contribution in [3.8, 4) is 23.0 Å². The van der Waals surface area contributed by atoms with Crippen molar-refractivity contribution in [3.05, 3.63) is 87.9 Å². The molecule has 0 aliphatic carbocycles. The number of ether oxygens (including phenoxy) is 4. The zero-order valence-corrected chi connectivity index (χ0v) is 20.2. The quantitative estimate of drug-likeness (QED) is 0.293. The summed E-state index contributed by atoms with van der Waals surface area (Å²) in [5.74, 6) is 0.179. The van der Waals surface area contributed by atoms with E-state index >= 15 is 0 Å². The van der Waals surface area contributed by atoms with E-state index in [9.17, 15) is 14.7 Å². The van der Waals surface area contributed by atoms with Gasteiger partial charge >= 0.3 is 0 Å². The Labute approximate surface area is 212 Å². The molecule has 1 saturated heterocycles. The summed E-state index contributed by atoms with van der Waals surface area (Å²) in [5, 5.41) is 11.7. The lowest BCUT2D eigenvalue weighted by atomic mass is 9.94. The van der Waals surface area contributed by atoms with E-state index in [2.05, 4.69) is 0 Å². The van der Waals surface area contributed by atoms with Crippen molar-refractivity contribution in [1.29, 1.82) is 0 Å². The lowest BCUT2D eigenvalue weighted by Crippen LogP contribution is -2.29. The Balaban J connectivity index is 1.64. The molecule has 1 N–H and O–H groups in total. The van der Waals surface area contributed by atoms with E-state index in [1.54, 1.807) is 61.7 Å². The number of carbonyl (C=O) groups excluding carboxylic acids is 2. The van der Waals surface area contributed by atoms with Crippen molar-refractivity contribution in [1.82, 2.24) is 4.90 Å². The van der Waals surface area contributed by atoms with Gasteiger partial charge in [-0.15, -0.1) is 0 Å². The number of hydrogen-bond acceptors (Lipinski definition) is 7. The van der Waals surface area contributed by atoms with E-state index in [4.69, 9.17) is 30.5 Å². The largest absolute Gasteiger partial charge is 0.507 e. The van der Waals surface area contributed by atoms with Crippen LogP contribution in [0.3, 0.4) is 0 Å². The zero-order chi connectivity index (χ0) is 25.4.